The summed E-state index contributed by atoms with van der Waals surface area (Å²) < 4.78 is 5.77. The first-order chi connectivity index (χ1) is 15.3. The van der Waals surface area contributed by atoms with E-state index >= 15 is 0 Å². The van der Waals surface area contributed by atoms with Crippen molar-refractivity contribution >= 4 is 5.91 Å². The summed E-state index contributed by atoms with van der Waals surface area (Å²) in [6.45, 7) is 3.97. The third-order valence-electron chi connectivity index (χ3n) is 5.80. The SMILES string of the molecule is O=C(CCc1ncc(-c2ccccc2)o1)NCc1ccc(CN2CCCCCC2)cc1. The van der Waals surface area contributed by atoms with Crippen molar-refractivity contribution in [1.82, 2.24) is 15.2 Å². The number of aryl methyl sites for hydroxylation is 1. The van der Waals surface area contributed by atoms with E-state index in [2.05, 4.69) is 39.5 Å². The summed E-state index contributed by atoms with van der Waals surface area (Å²) in [5, 5.41) is 3.00. The first-order valence-electron chi connectivity index (χ1n) is 11.3. The second-order valence-corrected chi connectivity index (χ2v) is 8.27. The monoisotopic (exact) mass is 417 g/mol. The van der Waals surface area contributed by atoms with Crippen LogP contribution in [-0.2, 0) is 24.3 Å². The molecule has 1 saturated heterocycles. The molecule has 0 spiro atoms. The van der Waals surface area contributed by atoms with Crippen molar-refractivity contribution < 1.29 is 9.21 Å². The van der Waals surface area contributed by atoms with Crippen molar-refractivity contribution in [2.45, 2.75) is 51.6 Å². The van der Waals surface area contributed by atoms with Crippen molar-refractivity contribution in [3.8, 4) is 11.3 Å². The molecule has 1 amide bonds. The molecule has 0 aliphatic carbocycles. The van der Waals surface area contributed by atoms with Gasteiger partial charge in [-0.2, -0.15) is 0 Å². The number of aromatic nitrogens is 1. The van der Waals surface area contributed by atoms with Crippen molar-refractivity contribution in [2.24, 2.45) is 0 Å². The van der Waals surface area contributed by atoms with E-state index in [1.165, 1.54) is 44.3 Å². The van der Waals surface area contributed by atoms with Crippen LogP contribution in [0.3, 0.4) is 0 Å². The summed E-state index contributed by atoms with van der Waals surface area (Å²) in [4.78, 5) is 19.1. The normalized spacial score (nSPS) is 14.8. The number of nitrogens with zero attached hydrogens (tertiary/aromatic N) is 2. The maximum atomic E-state index is 12.2. The summed E-state index contributed by atoms with van der Waals surface area (Å²) in [5.74, 6) is 1.33. The number of carbonyl (C=O) groups excluding carboxylic acids is 1. The van der Waals surface area contributed by atoms with Gasteiger partial charge in [-0.05, 0) is 37.1 Å². The molecule has 0 radical (unpaired) electrons. The molecule has 5 heteroatoms. The minimum atomic E-state index is 0.00750. The molecule has 4 rings (SSSR count). The molecular weight excluding hydrogens is 386 g/mol. The lowest BCUT2D eigenvalue weighted by molar-refractivity contribution is -0.121. The Morgan fingerprint density at radius 2 is 1.65 bits per heavy atom. The highest BCUT2D eigenvalue weighted by Crippen LogP contribution is 2.20. The van der Waals surface area contributed by atoms with Gasteiger partial charge in [0.2, 0.25) is 5.91 Å². The number of nitrogens with one attached hydrogen (secondary N) is 1. The average Bonchev–Trinajstić information content (AvgIpc) is 3.14. The summed E-state index contributed by atoms with van der Waals surface area (Å²) >= 11 is 0. The van der Waals surface area contributed by atoms with Crippen LogP contribution in [0.4, 0.5) is 0 Å². The van der Waals surface area contributed by atoms with Crippen LogP contribution in [0.15, 0.2) is 65.2 Å². The van der Waals surface area contributed by atoms with Gasteiger partial charge in [0.05, 0.1) is 6.20 Å². The smallest absolute Gasteiger partial charge is 0.220 e. The number of amides is 1. The van der Waals surface area contributed by atoms with Gasteiger partial charge in [-0.1, -0.05) is 67.4 Å². The summed E-state index contributed by atoms with van der Waals surface area (Å²) in [5.41, 5.74) is 3.45. The number of likely N-dealkylation sites (tertiary alicyclic amines) is 1. The highest BCUT2D eigenvalue weighted by atomic mass is 16.4. The van der Waals surface area contributed by atoms with Crippen LogP contribution in [0.1, 0.15) is 49.1 Å². The molecule has 1 aliphatic heterocycles. The fraction of sp³-hybridized carbons (Fsp3) is 0.385. The highest BCUT2D eigenvalue weighted by molar-refractivity contribution is 5.76. The number of hydrogen-bond donors (Lipinski definition) is 1. The molecule has 0 bridgehead atoms. The number of hydrogen-bond acceptors (Lipinski definition) is 4. The number of benzene rings is 2. The van der Waals surface area contributed by atoms with Crippen LogP contribution in [0, 0.1) is 0 Å². The molecule has 0 unspecified atom stereocenters. The van der Waals surface area contributed by atoms with Crippen LogP contribution in [-0.4, -0.2) is 28.9 Å². The zero-order valence-electron chi connectivity index (χ0n) is 18.1. The third kappa shape index (κ3) is 6.53. The van der Waals surface area contributed by atoms with Gasteiger partial charge in [0, 0.05) is 31.5 Å². The van der Waals surface area contributed by atoms with Gasteiger partial charge in [-0.3, -0.25) is 9.69 Å². The molecular formula is C26H31N3O2. The van der Waals surface area contributed by atoms with Crippen LogP contribution < -0.4 is 5.32 Å². The predicted molar refractivity (Wildman–Crippen MR) is 122 cm³/mol. The number of rotatable bonds is 8. The third-order valence-corrected chi connectivity index (χ3v) is 5.80. The fourth-order valence-corrected chi connectivity index (χ4v) is 3.99. The average molecular weight is 418 g/mol. The maximum Gasteiger partial charge on any atom is 0.220 e. The Morgan fingerprint density at radius 3 is 2.39 bits per heavy atom. The van der Waals surface area contributed by atoms with Crippen LogP contribution in [0.25, 0.3) is 11.3 Å². The number of carbonyl (C=O) groups is 1. The standard InChI is InChI=1S/C26H31N3O2/c30-25(14-15-26-28-19-24(31-26)23-8-4-3-5-9-23)27-18-21-10-12-22(13-11-21)20-29-16-6-1-2-7-17-29/h3-5,8-13,19H,1-2,6-7,14-18,20H2,(H,27,30). The lowest BCUT2D eigenvalue weighted by Crippen LogP contribution is -2.24. The van der Waals surface area contributed by atoms with Gasteiger partial charge in [0.1, 0.15) is 0 Å². The highest BCUT2D eigenvalue weighted by Gasteiger charge is 2.10. The van der Waals surface area contributed by atoms with E-state index < -0.39 is 0 Å². The molecule has 5 nitrogen and oxygen atoms in total. The van der Waals surface area contributed by atoms with E-state index in [0.29, 0.717) is 25.3 Å². The van der Waals surface area contributed by atoms with Crippen molar-refractivity contribution in [1.29, 1.82) is 0 Å². The van der Waals surface area contributed by atoms with Gasteiger partial charge in [0.25, 0.3) is 0 Å². The first kappa shape index (κ1) is 21.3. The van der Waals surface area contributed by atoms with Gasteiger partial charge in [-0.15, -0.1) is 0 Å². The van der Waals surface area contributed by atoms with E-state index in [1.54, 1.807) is 6.20 Å². The van der Waals surface area contributed by atoms with Gasteiger partial charge in [0.15, 0.2) is 11.7 Å². The molecule has 162 valence electrons. The molecule has 2 aromatic carbocycles. The van der Waals surface area contributed by atoms with E-state index in [9.17, 15) is 4.79 Å². The molecule has 2 heterocycles. The van der Waals surface area contributed by atoms with E-state index in [-0.39, 0.29) is 5.91 Å². The minimum Gasteiger partial charge on any atom is -0.441 e. The maximum absolute atomic E-state index is 12.2. The summed E-state index contributed by atoms with van der Waals surface area (Å²) in [7, 11) is 0. The number of oxazole rings is 1. The van der Waals surface area contributed by atoms with Gasteiger partial charge >= 0.3 is 0 Å². The Kier molecular flexibility index (Phi) is 7.51. The lowest BCUT2D eigenvalue weighted by Gasteiger charge is -2.19. The molecule has 1 aromatic heterocycles. The zero-order chi connectivity index (χ0) is 21.3. The lowest BCUT2D eigenvalue weighted by atomic mass is 10.1. The molecule has 1 fully saturated rings. The van der Waals surface area contributed by atoms with Gasteiger partial charge < -0.3 is 9.73 Å². The fourth-order valence-electron chi connectivity index (χ4n) is 3.99. The van der Waals surface area contributed by atoms with E-state index in [1.807, 2.05) is 30.3 Å². The predicted octanol–water partition coefficient (Wildman–Crippen LogP) is 4.97. The molecule has 0 atom stereocenters. The molecule has 31 heavy (non-hydrogen) atoms. The van der Waals surface area contributed by atoms with Crippen LogP contribution >= 0.6 is 0 Å². The zero-order valence-corrected chi connectivity index (χ0v) is 18.1. The van der Waals surface area contributed by atoms with Crippen molar-refractivity contribution in [3.05, 3.63) is 77.8 Å². The Hall–Kier alpha value is -2.92. The quantitative estimate of drug-likeness (QED) is 0.562. The van der Waals surface area contributed by atoms with E-state index in [0.717, 1.165) is 23.4 Å². The Labute approximate surface area is 184 Å². The molecule has 1 aliphatic rings. The second kappa shape index (κ2) is 10.9. The van der Waals surface area contributed by atoms with Crippen LogP contribution in [0.5, 0.6) is 0 Å². The Bertz CT molecular complexity index is 942. The van der Waals surface area contributed by atoms with Gasteiger partial charge in [-0.25, -0.2) is 4.98 Å². The summed E-state index contributed by atoms with van der Waals surface area (Å²) in [6, 6.07) is 18.5. The Morgan fingerprint density at radius 1 is 0.935 bits per heavy atom. The van der Waals surface area contributed by atoms with Crippen LogP contribution in [0.2, 0.25) is 0 Å². The van der Waals surface area contributed by atoms with E-state index in [4.69, 9.17) is 4.42 Å². The first-order valence-corrected chi connectivity index (χ1v) is 11.3. The molecule has 3 aromatic rings. The second-order valence-electron chi connectivity index (χ2n) is 8.27. The topological polar surface area (TPSA) is 58.4 Å². The summed E-state index contributed by atoms with van der Waals surface area (Å²) in [6.07, 6.45) is 7.92. The van der Waals surface area contributed by atoms with Crippen molar-refractivity contribution in [3.63, 3.8) is 0 Å². The molecule has 0 saturated carbocycles. The molecule has 1 N–H and O–H groups in total. The largest absolute Gasteiger partial charge is 0.441 e. The Balaban J connectivity index is 1.19. The minimum absolute atomic E-state index is 0.00750. The van der Waals surface area contributed by atoms with Crippen molar-refractivity contribution in [2.75, 3.05) is 13.1 Å².